The number of aliphatic hydroxyl groups is 1. The topological polar surface area (TPSA) is 133 Å². The van der Waals surface area contributed by atoms with E-state index in [0.717, 1.165) is 0 Å². The molecular weight excluding hydrogens is 496 g/mol. The molecule has 4 rings (SSSR count). The minimum atomic E-state index is -0.760. The van der Waals surface area contributed by atoms with Gasteiger partial charge in [-0.25, -0.2) is 19.7 Å². The van der Waals surface area contributed by atoms with Crippen LogP contribution in [0.4, 0.5) is 22.1 Å². The van der Waals surface area contributed by atoms with Crippen molar-refractivity contribution < 1.29 is 19.4 Å². The van der Waals surface area contributed by atoms with Gasteiger partial charge in [-0.2, -0.15) is 5.26 Å². The lowest BCUT2D eigenvalue weighted by Gasteiger charge is -2.26. The average Bonchev–Trinajstić information content (AvgIpc) is 3.16. The lowest BCUT2D eigenvalue weighted by Crippen LogP contribution is -2.40. The number of halogens is 1. The van der Waals surface area contributed by atoms with Crippen molar-refractivity contribution in [2.24, 2.45) is 0 Å². The van der Waals surface area contributed by atoms with Crippen molar-refractivity contribution in [3.05, 3.63) is 52.8 Å². The molecule has 10 nitrogen and oxygen atoms in total. The van der Waals surface area contributed by atoms with Gasteiger partial charge in [0.15, 0.2) is 0 Å². The molecule has 0 saturated heterocycles. The molecule has 0 saturated carbocycles. The van der Waals surface area contributed by atoms with E-state index in [0.29, 0.717) is 39.1 Å². The van der Waals surface area contributed by atoms with E-state index in [1.807, 2.05) is 13.0 Å². The van der Waals surface area contributed by atoms with Gasteiger partial charge < -0.3 is 19.9 Å². The molecule has 192 valence electrons. The van der Waals surface area contributed by atoms with Crippen LogP contribution in [-0.4, -0.2) is 53.4 Å². The number of nitrogens with zero attached hydrogens (tertiary/aromatic N) is 5. The SMILES string of the molecule is [3H]OC[C@@]1(C)CN(C(=O)OC(C)(C)C)c2c(C#N)cc(-c3ccnc(Nc4cc(Cl)cnc4OC)n3)cc21. The summed E-state index contributed by atoms with van der Waals surface area (Å²) in [5.41, 5.74) is 1.54. The molecule has 0 unspecified atom stereocenters. The number of benzene rings is 1. The molecule has 3 aromatic rings. The summed E-state index contributed by atoms with van der Waals surface area (Å²) in [6.45, 7) is 7.40. The zero-order chi connectivity index (χ0) is 27.7. The van der Waals surface area contributed by atoms with Crippen molar-refractivity contribution in [3.63, 3.8) is 0 Å². The number of aromatic nitrogens is 3. The van der Waals surface area contributed by atoms with Gasteiger partial charge in [0.05, 0.1) is 35.7 Å². The number of aliphatic hydroxyl groups excluding tert-OH is 1. The summed E-state index contributed by atoms with van der Waals surface area (Å²) >= 11 is 6.09. The largest absolute Gasteiger partial charge is 0.480 e. The first-order chi connectivity index (χ1) is 18.0. The van der Waals surface area contributed by atoms with Gasteiger partial charge in [-0.1, -0.05) is 18.5 Å². The number of anilines is 3. The molecule has 2 aromatic heterocycles. The number of ether oxygens (including phenoxy) is 2. The minimum absolute atomic E-state index is 0.00571. The number of hydrogen-bond donors (Lipinski definition) is 2. The molecule has 1 aliphatic heterocycles. The second kappa shape index (κ2) is 9.84. The highest BCUT2D eigenvalue weighted by molar-refractivity contribution is 6.30. The monoisotopic (exact) mass is 524 g/mol. The van der Waals surface area contributed by atoms with Gasteiger partial charge in [0, 0.05) is 29.9 Å². The maximum Gasteiger partial charge on any atom is 0.414 e. The van der Waals surface area contributed by atoms with E-state index in [-0.39, 0.29) is 24.7 Å². The molecule has 11 heteroatoms. The number of carbonyl (C=O) groups is 1. The molecule has 0 spiro atoms. The normalized spacial score (nSPS) is 17.0. The van der Waals surface area contributed by atoms with Gasteiger partial charge in [-0.15, -0.1) is 0 Å². The number of methoxy groups -OCH3 is 1. The van der Waals surface area contributed by atoms with Gasteiger partial charge in [0.2, 0.25) is 13.3 Å². The maximum absolute atomic E-state index is 13.1. The Kier molecular flexibility index (Phi) is 6.58. The summed E-state index contributed by atoms with van der Waals surface area (Å²) in [7, 11) is 1.49. The van der Waals surface area contributed by atoms with Crippen LogP contribution in [0.5, 0.6) is 5.88 Å². The second-order valence-corrected chi connectivity index (χ2v) is 10.3. The van der Waals surface area contributed by atoms with E-state index in [1.54, 1.807) is 45.2 Å². The summed E-state index contributed by atoms with van der Waals surface area (Å²) in [6, 6.07) is 9.08. The molecule has 2 N–H and O–H groups in total. The van der Waals surface area contributed by atoms with Crippen LogP contribution in [-0.2, 0) is 10.2 Å². The van der Waals surface area contributed by atoms with E-state index in [4.69, 9.17) is 27.6 Å². The molecular formula is C26H27ClN6O4. The first-order valence-electron chi connectivity index (χ1n) is 11.9. The Morgan fingerprint density at radius 1 is 1.38 bits per heavy atom. The number of amides is 1. The minimum Gasteiger partial charge on any atom is -0.480 e. The molecule has 0 aliphatic carbocycles. The summed E-state index contributed by atoms with van der Waals surface area (Å²) in [6.07, 6.45) is 2.47. The van der Waals surface area contributed by atoms with Crippen LogP contribution >= 0.6 is 11.6 Å². The predicted octanol–water partition coefficient (Wildman–Crippen LogP) is 4.82. The van der Waals surface area contributed by atoms with Crippen LogP contribution in [0.25, 0.3) is 11.3 Å². The zero-order valence-electron chi connectivity index (χ0n) is 22.1. The average molecular weight is 525 g/mol. The Hall–Kier alpha value is -3.94. The van der Waals surface area contributed by atoms with Crippen LogP contribution in [0.1, 0.15) is 38.8 Å². The van der Waals surface area contributed by atoms with Crippen molar-refractivity contribution in [3.8, 4) is 23.2 Å². The fourth-order valence-corrected chi connectivity index (χ4v) is 4.26. The molecule has 3 heterocycles. The van der Waals surface area contributed by atoms with Crippen LogP contribution in [0, 0.1) is 11.3 Å². The van der Waals surface area contributed by atoms with Crippen molar-refractivity contribution in [1.82, 2.24) is 15.0 Å². The van der Waals surface area contributed by atoms with Crippen molar-refractivity contribution in [1.29, 1.82) is 6.69 Å². The third-order valence-electron chi connectivity index (χ3n) is 5.80. The Bertz CT molecular complexity index is 1420. The van der Waals surface area contributed by atoms with Crippen LogP contribution in [0.15, 0.2) is 36.7 Å². The Morgan fingerprint density at radius 2 is 2.16 bits per heavy atom. The fourth-order valence-electron chi connectivity index (χ4n) is 4.11. The number of fused-ring (bicyclic) bond motifs is 1. The highest BCUT2D eigenvalue weighted by atomic mass is 35.5. The van der Waals surface area contributed by atoms with Gasteiger partial charge in [0.1, 0.15) is 17.4 Å². The van der Waals surface area contributed by atoms with Crippen molar-refractivity contribution in [2.45, 2.75) is 38.7 Å². The number of rotatable bonds is 6. The number of pyridine rings is 1. The lowest BCUT2D eigenvalue weighted by molar-refractivity contribution is 0.0575. The summed E-state index contributed by atoms with van der Waals surface area (Å²) in [5, 5.41) is 18.3. The van der Waals surface area contributed by atoms with E-state index < -0.39 is 17.1 Å². The third kappa shape index (κ3) is 5.28. The molecule has 0 radical (unpaired) electrons. The Labute approximate surface area is 221 Å². The highest BCUT2D eigenvalue weighted by Crippen LogP contribution is 2.45. The van der Waals surface area contributed by atoms with Crippen LogP contribution < -0.4 is 15.0 Å². The number of hydrogen-bond acceptors (Lipinski definition) is 9. The van der Waals surface area contributed by atoms with E-state index in [2.05, 4.69) is 26.3 Å². The molecule has 0 fully saturated rings. The fraction of sp³-hybridized carbons (Fsp3) is 0.346. The Balaban J connectivity index is 1.78. The molecule has 1 aromatic carbocycles. The van der Waals surface area contributed by atoms with Crippen LogP contribution in [0.3, 0.4) is 0 Å². The number of carbonyl (C=O) groups excluding carboxylic acids is 1. The smallest absolute Gasteiger partial charge is 0.414 e. The van der Waals surface area contributed by atoms with E-state index in [1.165, 1.54) is 18.2 Å². The summed E-state index contributed by atoms with van der Waals surface area (Å²) < 4.78 is 18.3. The molecule has 1 aliphatic rings. The van der Waals surface area contributed by atoms with Gasteiger partial charge >= 0.3 is 6.09 Å². The first kappa shape index (κ1) is 24.7. The van der Waals surface area contributed by atoms with Crippen LogP contribution in [0.2, 0.25) is 5.02 Å². The van der Waals surface area contributed by atoms with Gasteiger partial charge in [-0.05, 0) is 50.6 Å². The number of nitriles is 1. The zero-order valence-corrected chi connectivity index (χ0v) is 21.9. The maximum atomic E-state index is 13.1. The predicted molar refractivity (Wildman–Crippen MR) is 139 cm³/mol. The van der Waals surface area contributed by atoms with E-state index in [9.17, 15) is 10.1 Å². The van der Waals surface area contributed by atoms with Crippen molar-refractivity contribution >= 4 is 35.0 Å². The summed E-state index contributed by atoms with van der Waals surface area (Å²) in [5.74, 6) is 0.581. The number of nitrogens with one attached hydrogen (secondary N) is 1. The van der Waals surface area contributed by atoms with Gasteiger partial charge in [-0.3, -0.25) is 4.90 Å². The van der Waals surface area contributed by atoms with Crippen molar-refractivity contribution in [2.75, 3.05) is 30.5 Å². The summed E-state index contributed by atoms with van der Waals surface area (Å²) in [4.78, 5) is 27.5. The molecule has 37 heavy (non-hydrogen) atoms. The molecule has 1 amide bonds. The third-order valence-corrected chi connectivity index (χ3v) is 6.01. The quantitative estimate of drug-likeness (QED) is 0.465. The molecule has 0 bridgehead atoms. The molecule has 1 atom stereocenters. The van der Waals surface area contributed by atoms with Gasteiger partial charge in [0.25, 0.3) is 0 Å². The highest BCUT2D eigenvalue weighted by Gasteiger charge is 2.44. The first-order valence-corrected chi connectivity index (χ1v) is 11.8. The Morgan fingerprint density at radius 3 is 2.84 bits per heavy atom. The van der Waals surface area contributed by atoms with E-state index >= 15 is 0 Å². The standard InChI is InChI=1S/C26H27ClN6O4/c1-25(2,3)37-24(35)33-13-26(4,14-34)18-9-15(8-16(11-28)21(18)33)19-6-7-29-23(31-19)32-20-10-17(27)12-30-22(20)36-5/h6-10,12,34H,13-14H2,1-5H3,(H,29,31,32)/t26-/m1/s1/i34T. The second-order valence-electron chi connectivity index (χ2n) is 9.90. The lowest BCUT2D eigenvalue weighted by atomic mass is 9.83.